The molecule has 0 saturated heterocycles. The number of ether oxygens (including phenoxy) is 1. The van der Waals surface area contributed by atoms with E-state index >= 15 is 0 Å². The third-order valence-corrected chi connectivity index (χ3v) is 3.20. The predicted molar refractivity (Wildman–Crippen MR) is 73.6 cm³/mol. The van der Waals surface area contributed by atoms with Gasteiger partial charge in [-0.2, -0.15) is 0 Å². The number of imidazole rings is 1. The number of hydrogen-bond acceptors (Lipinski definition) is 4. The highest BCUT2D eigenvalue weighted by Crippen LogP contribution is 2.28. The molecular formula is C14H16N4O2. The van der Waals surface area contributed by atoms with Crippen LogP contribution in [0.2, 0.25) is 0 Å². The van der Waals surface area contributed by atoms with Crippen LogP contribution in [0.15, 0.2) is 30.7 Å². The first-order valence-corrected chi connectivity index (χ1v) is 6.62. The first-order chi connectivity index (χ1) is 9.72. The predicted octanol–water partition coefficient (Wildman–Crippen LogP) is 2.34. The van der Waals surface area contributed by atoms with Crippen LogP contribution in [0.1, 0.15) is 18.7 Å². The number of rotatable bonds is 4. The second kappa shape index (κ2) is 5.32. The minimum Gasteiger partial charge on any atom is -0.448 e. The summed E-state index contributed by atoms with van der Waals surface area (Å²) in [6.45, 7) is 2.32. The van der Waals surface area contributed by atoms with E-state index in [0.717, 1.165) is 24.1 Å². The van der Waals surface area contributed by atoms with Crippen molar-refractivity contribution < 1.29 is 9.53 Å². The van der Waals surface area contributed by atoms with Crippen molar-refractivity contribution in [2.24, 2.45) is 5.92 Å². The number of aromatic nitrogens is 3. The molecule has 0 bridgehead atoms. The molecule has 20 heavy (non-hydrogen) atoms. The zero-order chi connectivity index (χ0) is 13.9. The van der Waals surface area contributed by atoms with Crippen molar-refractivity contribution in [3.8, 4) is 11.3 Å². The molecule has 1 amide bonds. The topological polar surface area (TPSA) is 69.0 Å². The first-order valence-electron chi connectivity index (χ1n) is 6.62. The molecule has 1 aliphatic carbocycles. The summed E-state index contributed by atoms with van der Waals surface area (Å²) in [5, 5.41) is 0. The first kappa shape index (κ1) is 12.7. The number of amides is 1. The molecule has 0 aromatic carbocycles. The van der Waals surface area contributed by atoms with Crippen LogP contribution >= 0.6 is 0 Å². The summed E-state index contributed by atoms with van der Waals surface area (Å²) in [6.07, 6.45) is 7.06. The van der Waals surface area contributed by atoms with Crippen molar-refractivity contribution >= 4 is 6.09 Å². The van der Waals surface area contributed by atoms with E-state index in [1.54, 1.807) is 23.3 Å². The molecular weight excluding hydrogens is 256 g/mol. The van der Waals surface area contributed by atoms with E-state index in [1.165, 1.54) is 0 Å². The fourth-order valence-electron chi connectivity index (χ4n) is 1.85. The molecule has 2 heterocycles. The van der Waals surface area contributed by atoms with Crippen molar-refractivity contribution in [3.05, 3.63) is 36.5 Å². The molecule has 0 aliphatic heterocycles. The average Bonchev–Trinajstić information content (AvgIpc) is 3.22. The van der Waals surface area contributed by atoms with Gasteiger partial charge >= 0.3 is 6.09 Å². The van der Waals surface area contributed by atoms with Crippen molar-refractivity contribution in [2.75, 3.05) is 12.0 Å². The van der Waals surface area contributed by atoms with E-state index in [1.807, 2.05) is 19.1 Å². The molecule has 0 atom stereocenters. The molecule has 6 nitrogen and oxygen atoms in total. The highest BCUT2D eigenvalue weighted by atomic mass is 16.6. The number of carbonyl (C=O) groups is 1. The van der Waals surface area contributed by atoms with Crippen molar-refractivity contribution in [2.45, 2.75) is 19.8 Å². The highest BCUT2D eigenvalue weighted by molar-refractivity contribution is 5.76. The van der Waals surface area contributed by atoms with Gasteiger partial charge in [0.1, 0.15) is 5.82 Å². The Morgan fingerprint density at radius 2 is 2.40 bits per heavy atom. The molecule has 0 spiro atoms. The van der Waals surface area contributed by atoms with Gasteiger partial charge in [0.25, 0.3) is 0 Å². The summed E-state index contributed by atoms with van der Waals surface area (Å²) < 4.78 is 6.70. The van der Waals surface area contributed by atoms with E-state index in [9.17, 15) is 4.79 Å². The van der Waals surface area contributed by atoms with Gasteiger partial charge in [0.15, 0.2) is 0 Å². The zero-order valence-electron chi connectivity index (χ0n) is 11.2. The van der Waals surface area contributed by atoms with Crippen LogP contribution < -0.4 is 5.43 Å². The van der Waals surface area contributed by atoms with Crippen molar-refractivity contribution in [1.29, 1.82) is 0 Å². The Kier molecular flexibility index (Phi) is 3.37. The lowest BCUT2D eigenvalue weighted by atomic mass is 10.2. The summed E-state index contributed by atoms with van der Waals surface area (Å²) in [4.78, 5) is 20.1. The molecule has 1 N–H and O–H groups in total. The SMILES string of the molecule is Cc1nc(-c2cccnc2)cn1NC(=O)OCC1CC1. The number of pyridine rings is 1. The average molecular weight is 272 g/mol. The van der Waals surface area contributed by atoms with Crippen molar-refractivity contribution in [1.82, 2.24) is 14.6 Å². The van der Waals surface area contributed by atoms with Crippen LogP contribution in [0, 0.1) is 12.8 Å². The van der Waals surface area contributed by atoms with E-state index in [2.05, 4.69) is 15.4 Å². The quantitative estimate of drug-likeness (QED) is 0.927. The van der Waals surface area contributed by atoms with Gasteiger partial charge in [-0.15, -0.1) is 0 Å². The number of nitrogens with zero attached hydrogens (tertiary/aromatic N) is 3. The fourth-order valence-corrected chi connectivity index (χ4v) is 1.85. The van der Waals surface area contributed by atoms with Crippen LogP contribution in [0.5, 0.6) is 0 Å². The summed E-state index contributed by atoms with van der Waals surface area (Å²) in [6, 6.07) is 3.77. The monoisotopic (exact) mass is 272 g/mol. The van der Waals surface area contributed by atoms with Crippen LogP contribution in [-0.2, 0) is 4.74 Å². The minimum atomic E-state index is -0.449. The lowest BCUT2D eigenvalue weighted by molar-refractivity contribution is 0.153. The molecule has 0 radical (unpaired) electrons. The maximum atomic E-state index is 11.6. The molecule has 0 unspecified atom stereocenters. The molecule has 104 valence electrons. The Labute approximate surface area is 116 Å². The summed E-state index contributed by atoms with van der Waals surface area (Å²) in [7, 11) is 0. The fraction of sp³-hybridized carbons (Fsp3) is 0.357. The summed E-state index contributed by atoms with van der Waals surface area (Å²) >= 11 is 0. The third-order valence-electron chi connectivity index (χ3n) is 3.20. The molecule has 1 fully saturated rings. The second-order valence-corrected chi connectivity index (χ2v) is 4.94. The maximum Gasteiger partial charge on any atom is 0.426 e. The van der Waals surface area contributed by atoms with Gasteiger partial charge in [0.05, 0.1) is 18.5 Å². The van der Waals surface area contributed by atoms with E-state index in [-0.39, 0.29) is 0 Å². The van der Waals surface area contributed by atoms with Gasteiger partial charge in [0, 0.05) is 18.0 Å². The third kappa shape index (κ3) is 2.96. The Morgan fingerprint density at radius 3 is 3.10 bits per heavy atom. The van der Waals surface area contributed by atoms with Gasteiger partial charge in [0.2, 0.25) is 0 Å². The summed E-state index contributed by atoms with van der Waals surface area (Å²) in [5.74, 6) is 1.24. The van der Waals surface area contributed by atoms with Gasteiger partial charge in [-0.25, -0.2) is 19.9 Å². The molecule has 1 aliphatic rings. The Hall–Kier alpha value is -2.37. The number of nitrogens with one attached hydrogen (secondary N) is 1. The van der Waals surface area contributed by atoms with Crippen molar-refractivity contribution in [3.63, 3.8) is 0 Å². The minimum absolute atomic E-state index is 0.449. The van der Waals surface area contributed by atoms with Crippen LogP contribution in [0.3, 0.4) is 0 Å². The molecule has 2 aromatic heterocycles. The van der Waals surface area contributed by atoms with Gasteiger partial charge in [-0.05, 0) is 37.8 Å². The zero-order valence-corrected chi connectivity index (χ0v) is 11.2. The Balaban J connectivity index is 1.67. The van der Waals surface area contributed by atoms with Gasteiger partial charge < -0.3 is 4.74 Å². The molecule has 3 rings (SSSR count). The molecule has 6 heteroatoms. The standard InChI is InChI=1S/C14H16N4O2/c1-10-16-13(12-3-2-6-15-7-12)8-18(10)17-14(19)20-9-11-4-5-11/h2-3,6-8,11H,4-5,9H2,1H3,(H,17,19). The van der Waals surface area contributed by atoms with Crippen LogP contribution in [-0.4, -0.2) is 27.3 Å². The lowest BCUT2D eigenvalue weighted by Gasteiger charge is -2.07. The lowest BCUT2D eigenvalue weighted by Crippen LogP contribution is -2.24. The highest BCUT2D eigenvalue weighted by Gasteiger charge is 2.23. The number of aryl methyl sites for hydroxylation is 1. The normalized spacial score (nSPS) is 14.1. The van der Waals surface area contributed by atoms with E-state index in [4.69, 9.17) is 4.74 Å². The maximum absolute atomic E-state index is 11.6. The molecule has 1 saturated carbocycles. The largest absolute Gasteiger partial charge is 0.448 e. The van der Waals surface area contributed by atoms with Gasteiger partial charge in [-0.3, -0.25) is 4.98 Å². The second-order valence-electron chi connectivity index (χ2n) is 4.94. The number of hydrogen-bond donors (Lipinski definition) is 1. The Bertz CT molecular complexity index is 605. The molecule has 2 aromatic rings. The van der Waals surface area contributed by atoms with E-state index in [0.29, 0.717) is 18.3 Å². The van der Waals surface area contributed by atoms with Crippen LogP contribution in [0.25, 0.3) is 11.3 Å². The van der Waals surface area contributed by atoms with Gasteiger partial charge in [-0.1, -0.05) is 0 Å². The van der Waals surface area contributed by atoms with E-state index < -0.39 is 6.09 Å². The van der Waals surface area contributed by atoms with Crippen LogP contribution in [0.4, 0.5) is 4.79 Å². The number of carbonyl (C=O) groups excluding carboxylic acids is 1. The Morgan fingerprint density at radius 1 is 1.55 bits per heavy atom. The smallest absolute Gasteiger partial charge is 0.426 e. The summed E-state index contributed by atoms with van der Waals surface area (Å²) in [5.41, 5.74) is 4.32.